The summed E-state index contributed by atoms with van der Waals surface area (Å²) in [5.41, 5.74) is 6.41. The molecule has 0 saturated carbocycles. The molecule has 17 heavy (non-hydrogen) atoms. The van der Waals surface area contributed by atoms with Crippen molar-refractivity contribution in [2.24, 2.45) is 0 Å². The van der Waals surface area contributed by atoms with E-state index in [1.54, 1.807) is 0 Å². The Morgan fingerprint density at radius 1 is 1.76 bits per heavy atom. The Kier molecular flexibility index (Phi) is 4.29. The summed E-state index contributed by atoms with van der Waals surface area (Å²) in [5, 5.41) is 11.5. The zero-order valence-corrected chi connectivity index (χ0v) is 9.73. The molecule has 0 aliphatic heterocycles. The predicted molar refractivity (Wildman–Crippen MR) is 63.1 cm³/mol. The highest BCUT2D eigenvalue weighted by Gasteiger charge is 2.18. The Morgan fingerprint density at radius 3 is 2.94 bits per heavy atom. The third-order valence-electron chi connectivity index (χ3n) is 2.25. The minimum atomic E-state index is -0.497. The molecule has 0 aliphatic carbocycles. The van der Waals surface area contributed by atoms with Crippen LogP contribution in [0.4, 0.5) is 11.5 Å². The second-order valence-corrected chi connectivity index (χ2v) is 3.40. The summed E-state index contributed by atoms with van der Waals surface area (Å²) in [6.07, 6.45) is 1.94. The van der Waals surface area contributed by atoms with Gasteiger partial charge in [0.25, 0.3) is 0 Å². The second-order valence-electron chi connectivity index (χ2n) is 3.40. The fourth-order valence-corrected chi connectivity index (χ4v) is 1.30. The van der Waals surface area contributed by atoms with Crippen LogP contribution in [0.5, 0.6) is 0 Å². The topological polar surface area (TPSA) is 101 Å². The van der Waals surface area contributed by atoms with Gasteiger partial charge in [0, 0.05) is 6.20 Å². The fourth-order valence-electron chi connectivity index (χ4n) is 1.30. The number of nitrogens with zero attached hydrogens (tertiary/aromatic N) is 2. The number of carbonyl (C=O) groups is 1. The molecular formula is C11H14N4O2. The summed E-state index contributed by atoms with van der Waals surface area (Å²) < 4.78 is 4.64. The monoisotopic (exact) mass is 234 g/mol. The molecule has 0 radical (unpaired) electrons. The van der Waals surface area contributed by atoms with Gasteiger partial charge in [-0.2, -0.15) is 5.26 Å². The maximum atomic E-state index is 11.4. The van der Waals surface area contributed by atoms with E-state index in [2.05, 4.69) is 15.0 Å². The van der Waals surface area contributed by atoms with Crippen LogP contribution in [0.2, 0.25) is 0 Å². The maximum Gasteiger partial charge on any atom is 0.328 e. The van der Waals surface area contributed by atoms with Gasteiger partial charge in [-0.25, -0.2) is 9.78 Å². The van der Waals surface area contributed by atoms with Crippen LogP contribution in [0.25, 0.3) is 0 Å². The second kappa shape index (κ2) is 5.70. The molecule has 6 heteroatoms. The molecule has 1 unspecified atom stereocenters. The smallest absolute Gasteiger partial charge is 0.328 e. The minimum absolute atomic E-state index is 0.325. The third kappa shape index (κ3) is 3.08. The molecule has 3 N–H and O–H groups in total. The lowest BCUT2D eigenvalue weighted by Crippen LogP contribution is -2.30. The number of nitriles is 1. The lowest BCUT2D eigenvalue weighted by Gasteiger charge is -2.16. The average Bonchev–Trinajstić information content (AvgIpc) is 2.36. The normalized spacial score (nSPS) is 11.4. The van der Waals surface area contributed by atoms with Crippen molar-refractivity contribution >= 4 is 17.5 Å². The number of methoxy groups -OCH3 is 1. The van der Waals surface area contributed by atoms with Crippen molar-refractivity contribution in [2.75, 3.05) is 18.2 Å². The van der Waals surface area contributed by atoms with Gasteiger partial charge in [0.15, 0.2) is 0 Å². The summed E-state index contributed by atoms with van der Waals surface area (Å²) in [5.74, 6) is -0.000639. The molecule has 1 rings (SSSR count). The van der Waals surface area contributed by atoms with E-state index in [0.717, 1.165) is 0 Å². The van der Waals surface area contributed by atoms with E-state index >= 15 is 0 Å². The summed E-state index contributed by atoms with van der Waals surface area (Å²) in [4.78, 5) is 15.4. The van der Waals surface area contributed by atoms with Crippen LogP contribution < -0.4 is 11.1 Å². The Balaban J connectivity index is 2.87. The maximum absolute atomic E-state index is 11.4. The third-order valence-corrected chi connectivity index (χ3v) is 2.25. The molecular weight excluding hydrogens is 220 g/mol. The molecule has 6 nitrogen and oxygen atoms in total. The number of esters is 1. The van der Waals surface area contributed by atoms with Crippen LogP contribution in [-0.4, -0.2) is 24.1 Å². The number of nitrogen functional groups attached to an aromatic ring is 1. The molecule has 0 aliphatic rings. The molecule has 1 aromatic heterocycles. The molecule has 0 fully saturated rings. The van der Waals surface area contributed by atoms with Gasteiger partial charge in [0.1, 0.15) is 17.9 Å². The van der Waals surface area contributed by atoms with Gasteiger partial charge in [-0.15, -0.1) is 0 Å². The standard InChI is InChI=1S/C11H14N4O2/c1-3-9(11(16)17-2)15-10-8(13)4-7(5-12)6-14-10/h4,6,9H,3,13H2,1-2H3,(H,14,15). The first-order valence-corrected chi connectivity index (χ1v) is 5.12. The zero-order chi connectivity index (χ0) is 12.8. The summed E-state index contributed by atoms with van der Waals surface area (Å²) >= 11 is 0. The largest absolute Gasteiger partial charge is 0.467 e. The number of pyridine rings is 1. The summed E-state index contributed by atoms with van der Waals surface area (Å²) in [7, 11) is 1.32. The van der Waals surface area contributed by atoms with Crippen LogP contribution in [0.3, 0.4) is 0 Å². The van der Waals surface area contributed by atoms with Gasteiger partial charge < -0.3 is 15.8 Å². The van der Waals surface area contributed by atoms with Crippen molar-refractivity contribution in [1.29, 1.82) is 5.26 Å². The minimum Gasteiger partial charge on any atom is -0.467 e. The van der Waals surface area contributed by atoms with Gasteiger partial charge in [-0.05, 0) is 12.5 Å². The fraction of sp³-hybridized carbons (Fsp3) is 0.364. The molecule has 1 aromatic rings. The SMILES string of the molecule is CCC(Nc1ncc(C#N)cc1N)C(=O)OC. The number of anilines is 2. The van der Waals surface area contributed by atoms with E-state index in [-0.39, 0.29) is 5.97 Å². The van der Waals surface area contributed by atoms with Gasteiger partial charge in [-0.3, -0.25) is 0 Å². The number of hydrogen-bond acceptors (Lipinski definition) is 6. The number of aromatic nitrogens is 1. The number of hydrogen-bond donors (Lipinski definition) is 2. The Bertz CT molecular complexity index is 453. The lowest BCUT2D eigenvalue weighted by molar-refractivity contribution is -0.141. The molecule has 0 amide bonds. The van der Waals surface area contributed by atoms with Crippen LogP contribution in [0.15, 0.2) is 12.3 Å². The van der Waals surface area contributed by atoms with E-state index in [4.69, 9.17) is 11.0 Å². The zero-order valence-electron chi connectivity index (χ0n) is 9.73. The predicted octanol–water partition coefficient (Wildman–Crippen LogP) is 0.899. The molecule has 90 valence electrons. The van der Waals surface area contributed by atoms with E-state index in [1.165, 1.54) is 19.4 Å². The van der Waals surface area contributed by atoms with Gasteiger partial charge >= 0.3 is 5.97 Å². The number of ether oxygens (including phenoxy) is 1. The van der Waals surface area contributed by atoms with E-state index in [0.29, 0.717) is 23.5 Å². The van der Waals surface area contributed by atoms with Gasteiger partial charge in [0.2, 0.25) is 0 Å². The van der Waals surface area contributed by atoms with Crippen molar-refractivity contribution in [3.8, 4) is 6.07 Å². The van der Waals surface area contributed by atoms with E-state index in [9.17, 15) is 4.79 Å². The quantitative estimate of drug-likeness (QED) is 0.750. The van der Waals surface area contributed by atoms with Crippen molar-refractivity contribution < 1.29 is 9.53 Å². The van der Waals surface area contributed by atoms with Crippen molar-refractivity contribution in [2.45, 2.75) is 19.4 Å². The van der Waals surface area contributed by atoms with Gasteiger partial charge in [-0.1, -0.05) is 6.92 Å². The van der Waals surface area contributed by atoms with E-state index < -0.39 is 6.04 Å². The number of nitrogens with two attached hydrogens (primary N) is 1. The lowest BCUT2D eigenvalue weighted by atomic mass is 10.2. The number of carbonyl (C=O) groups excluding carboxylic acids is 1. The first kappa shape index (κ1) is 12.8. The summed E-state index contributed by atoms with van der Waals surface area (Å²) in [6, 6.07) is 2.94. The highest BCUT2D eigenvalue weighted by molar-refractivity contribution is 5.80. The average molecular weight is 234 g/mol. The van der Waals surface area contributed by atoms with Crippen LogP contribution in [0.1, 0.15) is 18.9 Å². The highest BCUT2D eigenvalue weighted by atomic mass is 16.5. The van der Waals surface area contributed by atoms with Crippen molar-refractivity contribution in [3.05, 3.63) is 17.8 Å². The number of nitrogens with one attached hydrogen (secondary N) is 1. The van der Waals surface area contributed by atoms with E-state index in [1.807, 2.05) is 13.0 Å². The Hall–Kier alpha value is -2.29. The van der Waals surface area contributed by atoms with Gasteiger partial charge in [0.05, 0.1) is 18.4 Å². The van der Waals surface area contributed by atoms with Crippen LogP contribution in [0, 0.1) is 11.3 Å². The van der Waals surface area contributed by atoms with Crippen molar-refractivity contribution in [1.82, 2.24) is 4.98 Å². The van der Waals surface area contributed by atoms with Crippen molar-refractivity contribution in [3.63, 3.8) is 0 Å². The Morgan fingerprint density at radius 2 is 2.47 bits per heavy atom. The molecule has 1 atom stereocenters. The first-order valence-electron chi connectivity index (χ1n) is 5.12. The molecule has 0 spiro atoms. The van der Waals surface area contributed by atoms with Crippen LogP contribution >= 0.6 is 0 Å². The Labute approximate surface area is 99.4 Å². The highest BCUT2D eigenvalue weighted by Crippen LogP contribution is 2.17. The molecule has 0 saturated heterocycles. The molecule has 0 aromatic carbocycles. The number of rotatable bonds is 4. The molecule has 1 heterocycles. The first-order chi connectivity index (χ1) is 8.12. The molecule has 0 bridgehead atoms. The summed E-state index contributed by atoms with van der Waals surface area (Å²) in [6.45, 7) is 1.84. The van der Waals surface area contributed by atoms with Crippen LogP contribution in [-0.2, 0) is 9.53 Å².